The second kappa shape index (κ2) is 8.45. The Morgan fingerprint density at radius 1 is 0.923 bits per heavy atom. The van der Waals surface area contributed by atoms with Crippen LogP contribution in [0, 0.1) is 0 Å². The smallest absolute Gasteiger partial charge is 0.338 e. The van der Waals surface area contributed by atoms with Gasteiger partial charge < -0.3 is 9.47 Å². The van der Waals surface area contributed by atoms with Gasteiger partial charge in [0.1, 0.15) is 5.75 Å². The van der Waals surface area contributed by atoms with E-state index in [-0.39, 0.29) is 12.4 Å². The Bertz CT molecular complexity index is 883. The molecule has 0 aliphatic heterocycles. The van der Waals surface area contributed by atoms with Crippen LogP contribution in [0.3, 0.4) is 0 Å². The van der Waals surface area contributed by atoms with E-state index in [0.717, 1.165) is 11.3 Å². The van der Waals surface area contributed by atoms with Gasteiger partial charge in [0.2, 0.25) is 5.78 Å². The lowest BCUT2D eigenvalue weighted by Crippen LogP contribution is -2.13. The fourth-order valence-electron chi connectivity index (χ4n) is 2.53. The van der Waals surface area contributed by atoms with Crippen molar-refractivity contribution in [3.05, 3.63) is 87.6 Å². The van der Waals surface area contributed by atoms with Crippen LogP contribution in [0.1, 0.15) is 31.2 Å². The van der Waals surface area contributed by atoms with Crippen LogP contribution in [-0.4, -0.2) is 25.5 Å². The number of methoxy groups -OCH3 is 1. The van der Waals surface area contributed by atoms with Gasteiger partial charge in [-0.3, -0.25) is 4.79 Å². The third-order valence-electron chi connectivity index (χ3n) is 3.92. The average molecular weight is 366 g/mol. The van der Waals surface area contributed by atoms with Crippen molar-refractivity contribution in [1.82, 2.24) is 0 Å². The number of thiophene rings is 1. The number of hydrogen-bond donors (Lipinski definition) is 0. The summed E-state index contributed by atoms with van der Waals surface area (Å²) in [5, 5.41) is 1.84. The first-order chi connectivity index (χ1) is 12.7. The van der Waals surface area contributed by atoms with E-state index in [1.807, 2.05) is 35.7 Å². The van der Waals surface area contributed by atoms with Gasteiger partial charge in [-0.2, -0.15) is 0 Å². The van der Waals surface area contributed by atoms with Crippen molar-refractivity contribution in [3.8, 4) is 5.75 Å². The minimum absolute atomic E-state index is 0.164. The van der Waals surface area contributed by atoms with Crippen molar-refractivity contribution in [2.75, 3.05) is 13.7 Å². The van der Waals surface area contributed by atoms with Crippen LogP contribution in [0.15, 0.2) is 66.0 Å². The quantitative estimate of drug-likeness (QED) is 0.460. The summed E-state index contributed by atoms with van der Waals surface area (Å²) in [6.07, 6.45) is 0.594. The van der Waals surface area contributed by atoms with Crippen molar-refractivity contribution in [1.29, 1.82) is 0 Å². The predicted molar refractivity (Wildman–Crippen MR) is 101 cm³/mol. The van der Waals surface area contributed by atoms with E-state index in [1.54, 1.807) is 37.4 Å². The second-order valence-corrected chi connectivity index (χ2v) is 6.53. The largest absolute Gasteiger partial charge is 0.497 e. The second-order valence-electron chi connectivity index (χ2n) is 5.59. The van der Waals surface area contributed by atoms with E-state index in [4.69, 9.17) is 9.47 Å². The van der Waals surface area contributed by atoms with Crippen LogP contribution in [0.25, 0.3) is 0 Å². The molecule has 0 atom stereocenters. The highest BCUT2D eigenvalue weighted by atomic mass is 32.1. The monoisotopic (exact) mass is 366 g/mol. The number of ether oxygens (including phenoxy) is 2. The highest BCUT2D eigenvalue weighted by Gasteiger charge is 2.19. The molecule has 2 aromatic carbocycles. The van der Waals surface area contributed by atoms with Gasteiger partial charge >= 0.3 is 5.97 Å². The molecule has 0 aliphatic carbocycles. The van der Waals surface area contributed by atoms with Crippen LogP contribution in [0.5, 0.6) is 5.75 Å². The van der Waals surface area contributed by atoms with Crippen molar-refractivity contribution in [2.45, 2.75) is 6.42 Å². The Kier molecular flexibility index (Phi) is 5.81. The zero-order valence-corrected chi connectivity index (χ0v) is 15.1. The first-order valence-electron chi connectivity index (χ1n) is 8.16. The maximum atomic E-state index is 12.6. The zero-order valence-electron chi connectivity index (χ0n) is 14.3. The fourth-order valence-corrected chi connectivity index (χ4v) is 3.21. The fraction of sp³-hybridized carbons (Fsp3) is 0.143. The van der Waals surface area contributed by atoms with Gasteiger partial charge in [-0.1, -0.05) is 36.4 Å². The highest BCUT2D eigenvalue weighted by Crippen LogP contribution is 2.19. The normalized spacial score (nSPS) is 10.3. The summed E-state index contributed by atoms with van der Waals surface area (Å²) in [4.78, 5) is 25.6. The van der Waals surface area contributed by atoms with E-state index in [9.17, 15) is 9.59 Å². The number of ketones is 1. The van der Waals surface area contributed by atoms with Gasteiger partial charge in [-0.15, -0.1) is 11.3 Å². The molecule has 0 radical (unpaired) electrons. The lowest BCUT2D eigenvalue weighted by Gasteiger charge is -2.09. The molecule has 0 spiro atoms. The number of carbonyl (C=O) groups is 2. The van der Waals surface area contributed by atoms with Crippen molar-refractivity contribution in [3.63, 3.8) is 0 Å². The van der Waals surface area contributed by atoms with Crippen LogP contribution in [-0.2, 0) is 11.2 Å². The van der Waals surface area contributed by atoms with E-state index >= 15 is 0 Å². The lowest BCUT2D eigenvalue weighted by molar-refractivity contribution is 0.0506. The Morgan fingerprint density at radius 3 is 2.31 bits per heavy atom. The molecule has 0 unspecified atom stereocenters. The summed E-state index contributed by atoms with van der Waals surface area (Å²) in [7, 11) is 1.62. The molecule has 3 rings (SSSR count). The summed E-state index contributed by atoms with van der Waals surface area (Å²) in [6, 6.07) is 17.9. The van der Waals surface area contributed by atoms with Crippen molar-refractivity contribution in [2.24, 2.45) is 0 Å². The maximum absolute atomic E-state index is 12.6. The van der Waals surface area contributed by atoms with Gasteiger partial charge in [-0.05, 0) is 35.2 Å². The van der Waals surface area contributed by atoms with E-state index < -0.39 is 5.97 Å². The van der Waals surface area contributed by atoms with Crippen LogP contribution in [0.4, 0.5) is 0 Å². The molecule has 0 aliphatic rings. The first-order valence-corrected chi connectivity index (χ1v) is 9.04. The third-order valence-corrected chi connectivity index (χ3v) is 4.79. The number of esters is 1. The Balaban J connectivity index is 1.65. The molecule has 0 saturated heterocycles. The van der Waals surface area contributed by atoms with Crippen molar-refractivity contribution < 1.29 is 19.1 Å². The summed E-state index contributed by atoms with van der Waals surface area (Å²) in [5.74, 6) is 0.133. The molecular weight excluding hydrogens is 348 g/mol. The Labute approximate surface area is 156 Å². The summed E-state index contributed by atoms with van der Waals surface area (Å²) < 4.78 is 10.5. The maximum Gasteiger partial charge on any atom is 0.338 e. The summed E-state index contributed by atoms with van der Waals surface area (Å²) in [6.45, 7) is 0.243. The summed E-state index contributed by atoms with van der Waals surface area (Å²) >= 11 is 1.35. The van der Waals surface area contributed by atoms with Crippen LogP contribution < -0.4 is 4.74 Å². The molecule has 0 amide bonds. The SMILES string of the molecule is COc1ccc(CCOC(=O)c2ccccc2C(=O)c2cccs2)cc1. The number of carbonyl (C=O) groups excluding carboxylic acids is 2. The molecule has 26 heavy (non-hydrogen) atoms. The van der Waals surface area contributed by atoms with E-state index in [1.165, 1.54) is 11.3 Å². The first kappa shape index (κ1) is 17.9. The molecule has 3 aromatic rings. The number of benzene rings is 2. The third kappa shape index (κ3) is 4.18. The molecule has 5 heteroatoms. The molecule has 1 aromatic heterocycles. The molecule has 0 bridgehead atoms. The molecule has 4 nitrogen and oxygen atoms in total. The highest BCUT2D eigenvalue weighted by molar-refractivity contribution is 7.12. The minimum atomic E-state index is -0.487. The molecule has 1 heterocycles. The molecular formula is C21H18O4S. The Morgan fingerprint density at radius 2 is 1.65 bits per heavy atom. The average Bonchev–Trinajstić information content (AvgIpc) is 3.22. The lowest BCUT2D eigenvalue weighted by atomic mass is 10.0. The predicted octanol–water partition coefficient (Wildman–Crippen LogP) is 4.39. The van der Waals surface area contributed by atoms with Gasteiger partial charge in [0.05, 0.1) is 24.2 Å². The number of hydrogen-bond acceptors (Lipinski definition) is 5. The molecule has 0 N–H and O–H groups in total. The van der Waals surface area contributed by atoms with Crippen molar-refractivity contribution >= 4 is 23.1 Å². The van der Waals surface area contributed by atoms with E-state index in [0.29, 0.717) is 22.4 Å². The molecule has 0 saturated carbocycles. The molecule has 0 fully saturated rings. The topological polar surface area (TPSA) is 52.6 Å². The van der Waals surface area contributed by atoms with Gasteiger partial charge in [-0.25, -0.2) is 4.79 Å². The van der Waals surface area contributed by atoms with Gasteiger partial charge in [0.25, 0.3) is 0 Å². The van der Waals surface area contributed by atoms with Crippen LogP contribution >= 0.6 is 11.3 Å². The van der Waals surface area contributed by atoms with Gasteiger partial charge in [0, 0.05) is 12.0 Å². The Hall–Kier alpha value is -2.92. The zero-order chi connectivity index (χ0) is 18.4. The van der Waals surface area contributed by atoms with E-state index in [2.05, 4.69) is 0 Å². The number of rotatable bonds is 7. The summed E-state index contributed by atoms with van der Waals surface area (Å²) in [5.41, 5.74) is 1.70. The molecule has 132 valence electrons. The van der Waals surface area contributed by atoms with Gasteiger partial charge in [0.15, 0.2) is 0 Å². The minimum Gasteiger partial charge on any atom is -0.497 e. The standard InChI is InChI=1S/C21H18O4S/c1-24-16-10-8-15(9-11-16)12-13-25-21(23)18-6-3-2-5-17(18)20(22)19-7-4-14-26-19/h2-11,14H,12-13H2,1H3. The van der Waals surface area contributed by atoms with Crippen LogP contribution in [0.2, 0.25) is 0 Å².